The summed E-state index contributed by atoms with van der Waals surface area (Å²) >= 11 is 0. The third kappa shape index (κ3) is 4.82. The highest BCUT2D eigenvalue weighted by molar-refractivity contribution is 5.89. The standard InChI is InChI=1S/C37H56N4O6/c1-20(2)23-9-8-10-24(15-23)30(33(45)46)31-26-16-28(44)32-34(5,36(26,7)17-29(31)47-22(4)42)13-14-37(41-19-25(18-38)39-40-41)21(3)27(43)11-12-35(32,37)6/h19,21,24,26-29,32,43-44H,8-18,38H2,1-7H3,(H,45,46)/b31-30-/t21?,24?,26-,27+,28+,29?,32+,34?,35?,36?,37+/m0/s1. The molecule has 5 N–H and O–H groups in total. The van der Waals surface area contributed by atoms with Crippen LogP contribution in [0.2, 0.25) is 0 Å². The Morgan fingerprint density at radius 2 is 1.77 bits per heavy atom. The average Bonchev–Trinajstić information content (AvgIpc) is 3.59. The Morgan fingerprint density at radius 1 is 1.04 bits per heavy atom. The zero-order valence-electron chi connectivity index (χ0n) is 29.4. The molecule has 6 unspecified atom stereocenters. The lowest BCUT2D eigenvalue weighted by molar-refractivity contribution is -0.264. The number of rotatable bonds is 5. The molecule has 47 heavy (non-hydrogen) atoms. The van der Waals surface area contributed by atoms with Gasteiger partial charge in [-0.15, -0.1) is 5.10 Å². The maximum atomic E-state index is 13.3. The number of aliphatic hydroxyl groups excluding tert-OH is 2. The van der Waals surface area contributed by atoms with Crippen LogP contribution in [-0.4, -0.2) is 60.6 Å². The van der Waals surface area contributed by atoms with Crippen LogP contribution in [0.25, 0.3) is 0 Å². The van der Waals surface area contributed by atoms with E-state index in [-0.39, 0.29) is 30.2 Å². The number of hydrogen-bond acceptors (Lipinski definition) is 8. The van der Waals surface area contributed by atoms with E-state index in [1.54, 1.807) is 0 Å². The Balaban J connectivity index is 1.51. The highest BCUT2D eigenvalue weighted by Gasteiger charge is 2.75. The Labute approximate surface area is 279 Å². The van der Waals surface area contributed by atoms with Crippen molar-refractivity contribution in [1.29, 1.82) is 0 Å². The molecule has 260 valence electrons. The van der Waals surface area contributed by atoms with Gasteiger partial charge in [-0.1, -0.05) is 44.1 Å². The Bertz CT molecular complexity index is 1500. The summed E-state index contributed by atoms with van der Waals surface area (Å²) in [6.45, 7) is 14.8. The molecule has 0 aliphatic heterocycles. The monoisotopic (exact) mass is 652 g/mol. The van der Waals surface area contributed by atoms with Crippen LogP contribution in [0.15, 0.2) is 28.5 Å². The minimum absolute atomic E-state index is 0.141. The van der Waals surface area contributed by atoms with Gasteiger partial charge in [-0.3, -0.25) is 4.79 Å². The Morgan fingerprint density at radius 3 is 2.38 bits per heavy atom. The first-order valence-electron chi connectivity index (χ1n) is 17.8. The van der Waals surface area contributed by atoms with Crippen molar-refractivity contribution in [1.82, 2.24) is 15.0 Å². The van der Waals surface area contributed by atoms with Gasteiger partial charge in [0.1, 0.15) is 6.10 Å². The summed E-state index contributed by atoms with van der Waals surface area (Å²) in [4.78, 5) is 25.9. The van der Waals surface area contributed by atoms with E-state index in [0.717, 1.165) is 31.3 Å². The zero-order chi connectivity index (χ0) is 34.3. The molecule has 5 fully saturated rings. The SMILES string of the molecule is CC(=O)OC1CC2(C)[C@@H](C[C@@H](O)[C@@H]3C2(C)CC[C@@]2(n4cc(CN)nn4)C(C)[C@H](O)CCC32C)/C1=C(/C(=O)O)C1CCCC(=C(C)C)C1. The molecule has 0 bridgehead atoms. The Kier molecular flexibility index (Phi) is 8.61. The van der Waals surface area contributed by atoms with Crippen molar-refractivity contribution in [3.05, 3.63) is 34.2 Å². The number of aliphatic carboxylic acids is 1. The van der Waals surface area contributed by atoms with Crippen LogP contribution in [0.4, 0.5) is 0 Å². The van der Waals surface area contributed by atoms with E-state index < -0.39 is 52.0 Å². The molecule has 5 saturated carbocycles. The number of carbonyl (C=O) groups excluding carboxylic acids is 1. The molecule has 0 radical (unpaired) electrons. The third-order valence-electron chi connectivity index (χ3n) is 14.6. The molecule has 1 aromatic rings. The number of allylic oxidation sites excluding steroid dienone is 2. The quantitative estimate of drug-likeness (QED) is 0.189. The first-order chi connectivity index (χ1) is 22.1. The van der Waals surface area contributed by atoms with Gasteiger partial charge < -0.3 is 25.8 Å². The molecule has 11 atom stereocenters. The van der Waals surface area contributed by atoms with Crippen molar-refractivity contribution in [2.24, 2.45) is 45.7 Å². The maximum Gasteiger partial charge on any atom is 0.331 e. The summed E-state index contributed by atoms with van der Waals surface area (Å²) in [5.74, 6) is -2.08. The minimum atomic E-state index is -0.935. The number of ether oxygens (including phenoxy) is 1. The van der Waals surface area contributed by atoms with Gasteiger partial charge >= 0.3 is 11.9 Å². The van der Waals surface area contributed by atoms with Crippen LogP contribution in [0, 0.1) is 39.9 Å². The van der Waals surface area contributed by atoms with Crippen molar-refractivity contribution < 1.29 is 29.6 Å². The second kappa shape index (κ2) is 11.8. The Hall–Kier alpha value is -2.56. The van der Waals surface area contributed by atoms with Crippen LogP contribution in [-0.2, 0) is 26.4 Å². The molecular weight excluding hydrogens is 596 g/mol. The largest absolute Gasteiger partial charge is 0.478 e. The van der Waals surface area contributed by atoms with Gasteiger partial charge in [-0.05, 0) is 118 Å². The molecule has 0 spiro atoms. The predicted molar refractivity (Wildman–Crippen MR) is 177 cm³/mol. The fourth-order valence-corrected chi connectivity index (χ4v) is 12.2. The summed E-state index contributed by atoms with van der Waals surface area (Å²) in [5.41, 5.74) is 8.43. The van der Waals surface area contributed by atoms with Gasteiger partial charge in [0.15, 0.2) is 0 Å². The van der Waals surface area contributed by atoms with Crippen molar-refractivity contribution in [2.75, 3.05) is 0 Å². The van der Waals surface area contributed by atoms with Gasteiger partial charge in [0, 0.05) is 25.0 Å². The molecule has 0 saturated heterocycles. The summed E-state index contributed by atoms with van der Waals surface area (Å²) < 4.78 is 8.04. The molecule has 10 heteroatoms. The number of aromatic nitrogens is 3. The van der Waals surface area contributed by atoms with Crippen LogP contribution >= 0.6 is 0 Å². The topological polar surface area (TPSA) is 161 Å². The van der Waals surface area contributed by atoms with Gasteiger partial charge in [0.25, 0.3) is 0 Å². The molecule has 0 amide bonds. The van der Waals surface area contributed by atoms with E-state index in [9.17, 15) is 24.9 Å². The number of aliphatic hydroxyl groups is 2. The van der Waals surface area contributed by atoms with E-state index >= 15 is 0 Å². The molecule has 0 aromatic carbocycles. The number of fused-ring (bicyclic) bond motifs is 5. The molecule has 6 rings (SSSR count). The number of nitrogens with zero attached hydrogens (tertiary/aromatic N) is 3. The highest BCUT2D eigenvalue weighted by atomic mass is 16.5. The lowest BCUT2D eigenvalue weighted by atomic mass is 9.34. The highest BCUT2D eigenvalue weighted by Crippen LogP contribution is 2.76. The van der Waals surface area contributed by atoms with Crippen LogP contribution in [0.3, 0.4) is 0 Å². The lowest BCUT2D eigenvalue weighted by Gasteiger charge is -2.72. The number of carboxylic acids is 1. The average molecular weight is 653 g/mol. The van der Waals surface area contributed by atoms with Crippen molar-refractivity contribution in [3.8, 4) is 0 Å². The fraction of sp³-hybridized carbons (Fsp3) is 0.784. The maximum absolute atomic E-state index is 13.3. The summed E-state index contributed by atoms with van der Waals surface area (Å²) in [5, 5.41) is 43.7. The first-order valence-corrected chi connectivity index (χ1v) is 17.8. The van der Waals surface area contributed by atoms with Crippen LogP contribution in [0.1, 0.15) is 118 Å². The fourth-order valence-electron chi connectivity index (χ4n) is 12.2. The zero-order valence-corrected chi connectivity index (χ0v) is 29.4. The number of carbonyl (C=O) groups is 2. The van der Waals surface area contributed by atoms with E-state index in [1.807, 2.05) is 10.9 Å². The van der Waals surface area contributed by atoms with E-state index in [2.05, 4.69) is 51.9 Å². The molecule has 1 heterocycles. The number of carboxylic acid groups (broad SMARTS) is 1. The number of nitrogens with two attached hydrogens (primary N) is 1. The van der Waals surface area contributed by atoms with Crippen molar-refractivity contribution >= 4 is 11.9 Å². The summed E-state index contributed by atoms with van der Waals surface area (Å²) in [7, 11) is 0. The van der Waals surface area contributed by atoms with Gasteiger partial charge in [-0.2, -0.15) is 0 Å². The normalized spacial score (nSPS) is 44.2. The molecule has 5 aliphatic carbocycles. The second-order valence-electron chi connectivity index (χ2n) is 16.6. The lowest BCUT2D eigenvalue weighted by Crippen LogP contribution is -2.72. The molecular formula is C37H56N4O6. The van der Waals surface area contributed by atoms with Gasteiger partial charge in [0.05, 0.1) is 29.6 Å². The van der Waals surface area contributed by atoms with Crippen LogP contribution < -0.4 is 5.73 Å². The minimum Gasteiger partial charge on any atom is -0.478 e. The predicted octanol–water partition coefficient (Wildman–Crippen LogP) is 5.28. The molecule has 5 aliphatic rings. The summed E-state index contributed by atoms with van der Waals surface area (Å²) in [6.07, 6.45) is 7.12. The van der Waals surface area contributed by atoms with E-state index in [4.69, 9.17) is 10.5 Å². The molecule has 1 aromatic heterocycles. The number of esters is 1. The van der Waals surface area contributed by atoms with Gasteiger partial charge in [0.2, 0.25) is 0 Å². The number of hydrogen-bond donors (Lipinski definition) is 4. The first kappa shape index (κ1) is 34.3. The van der Waals surface area contributed by atoms with Crippen LogP contribution in [0.5, 0.6) is 0 Å². The van der Waals surface area contributed by atoms with E-state index in [0.29, 0.717) is 49.8 Å². The molecule has 10 nitrogen and oxygen atoms in total. The van der Waals surface area contributed by atoms with Crippen molar-refractivity contribution in [2.45, 2.75) is 143 Å². The van der Waals surface area contributed by atoms with E-state index in [1.165, 1.54) is 18.1 Å². The smallest absolute Gasteiger partial charge is 0.331 e. The van der Waals surface area contributed by atoms with Gasteiger partial charge in [-0.25, -0.2) is 9.48 Å². The second-order valence-corrected chi connectivity index (χ2v) is 16.6. The summed E-state index contributed by atoms with van der Waals surface area (Å²) in [6, 6.07) is 0. The van der Waals surface area contributed by atoms with Crippen molar-refractivity contribution in [3.63, 3.8) is 0 Å². The third-order valence-corrected chi connectivity index (χ3v) is 14.6.